The third-order valence-electron chi connectivity index (χ3n) is 4.13. The molecule has 22 heavy (non-hydrogen) atoms. The number of hydrogen-bond donors (Lipinski definition) is 0. The number of thiazole rings is 1. The van der Waals surface area contributed by atoms with Crippen molar-refractivity contribution in [3.63, 3.8) is 0 Å². The van der Waals surface area contributed by atoms with Crippen LogP contribution in [0.2, 0.25) is 0 Å². The van der Waals surface area contributed by atoms with E-state index < -0.39 is 0 Å². The van der Waals surface area contributed by atoms with E-state index in [-0.39, 0.29) is 0 Å². The lowest BCUT2D eigenvalue weighted by molar-refractivity contribution is 0.566. The third kappa shape index (κ3) is 2.70. The molecule has 3 aromatic rings. The summed E-state index contributed by atoms with van der Waals surface area (Å²) in [5.41, 5.74) is 1.30. The number of hydrogen-bond acceptors (Lipinski definition) is 4. The van der Waals surface area contributed by atoms with E-state index >= 15 is 0 Å². The summed E-state index contributed by atoms with van der Waals surface area (Å²) in [5.74, 6) is 1.02. The van der Waals surface area contributed by atoms with Gasteiger partial charge in [0.25, 0.3) is 0 Å². The van der Waals surface area contributed by atoms with Gasteiger partial charge in [0.15, 0.2) is 10.8 Å². The van der Waals surface area contributed by atoms with E-state index in [4.69, 9.17) is 4.98 Å². The molecule has 3 heterocycles. The van der Waals surface area contributed by atoms with Crippen LogP contribution in [0.4, 0.5) is 0 Å². The van der Waals surface area contributed by atoms with Crippen molar-refractivity contribution in [3.8, 4) is 10.8 Å². The fraction of sp³-hybridized carbons (Fsp3) is 0.438. The number of aromatic nitrogens is 5. The summed E-state index contributed by atoms with van der Waals surface area (Å²) in [6.45, 7) is 1.93. The molecule has 6 heteroatoms. The van der Waals surface area contributed by atoms with Crippen LogP contribution < -0.4 is 0 Å². The first-order chi connectivity index (χ1) is 10.9. The summed E-state index contributed by atoms with van der Waals surface area (Å²) < 4.78 is 4.33. The van der Waals surface area contributed by atoms with Gasteiger partial charge in [0.2, 0.25) is 0 Å². The third-order valence-corrected chi connectivity index (χ3v) is 5.28. The lowest BCUT2D eigenvalue weighted by Gasteiger charge is -2.06. The van der Waals surface area contributed by atoms with E-state index in [0.717, 1.165) is 36.8 Å². The number of rotatable bonds is 5. The van der Waals surface area contributed by atoms with Gasteiger partial charge in [-0.1, -0.05) is 0 Å². The molecule has 0 N–H and O–H groups in total. The average molecular weight is 313 g/mol. The topological polar surface area (TPSA) is 48.5 Å². The van der Waals surface area contributed by atoms with Crippen molar-refractivity contribution in [3.05, 3.63) is 41.7 Å². The quantitative estimate of drug-likeness (QED) is 0.727. The molecular weight excluding hydrogens is 294 g/mol. The molecule has 0 aromatic carbocycles. The zero-order valence-corrected chi connectivity index (χ0v) is 13.3. The molecule has 0 radical (unpaired) electrons. The van der Waals surface area contributed by atoms with Crippen molar-refractivity contribution in [2.45, 2.75) is 45.2 Å². The highest BCUT2D eigenvalue weighted by atomic mass is 32.1. The van der Waals surface area contributed by atoms with Crippen LogP contribution in [0.5, 0.6) is 0 Å². The van der Waals surface area contributed by atoms with Gasteiger partial charge in [-0.25, -0.2) is 15.0 Å². The van der Waals surface area contributed by atoms with Crippen LogP contribution in [0.3, 0.4) is 0 Å². The zero-order valence-electron chi connectivity index (χ0n) is 12.5. The molecule has 0 bridgehead atoms. The Kier molecular flexibility index (Phi) is 3.76. The molecule has 0 unspecified atom stereocenters. The second kappa shape index (κ2) is 6.04. The standard InChI is InChI=1S/C16H19N5S/c1-2-5-14-13(4-1)19-16(22-14)15-18-7-11-21(15)9-3-8-20-10-6-17-12-20/h6-7,10-12H,1-5,8-9H2. The normalized spacial score (nSPS) is 14.2. The van der Waals surface area contributed by atoms with Gasteiger partial charge in [-0.3, -0.25) is 0 Å². The molecule has 0 atom stereocenters. The SMILES string of the molecule is c1cn(CCCn2ccnc2-c2nc3c(s2)CCCC3)cn1. The summed E-state index contributed by atoms with van der Waals surface area (Å²) in [4.78, 5) is 14.9. The van der Waals surface area contributed by atoms with Crippen LogP contribution in [0.1, 0.15) is 29.8 Å². The minimum absolute atomic E-state index is 0.956. The molecule has 0 spiro atoms. The van der Waals surface area contributed by atoms with Crippen molar-refractivity contribution in [2.24, 2.45) is 0 Å². The highest BCUT2D eigenvalue weighted by Crippen LogP contribution is 2.31. The minimum atomic E-state index is 0.956. The van der Waals surface area contributed by atoms with Crippen molar-refractivity contribution < 1.29 is 0 Å². The average Bonchev–Trinajstić information content (AvgIpc) is 3.27. The van der Waals surface area contributed by atoms with Crippen LogP contribution in [-0.2, 0) is 25.9 Å². The van der Waals surface area contributed by atoms with Gasteiger partial charge < -0.3 is 9.13 Å². The Bertz CT molecular complexity index is 717. The molecule has 0 aliphatic heterocycles. The van der Waals surface area contributed by atoms with Gasteiger partial charge in [-0.05, 0) is 32.1 Å². The van der Waals surface area contributed by atoms with E-state index in [9.17, 15) is 0 Å². The van der Waals surface area contributed by atoms with Crippen molar-refractivity contribution in [1.29, 1.82) is 0 Å². The van der Waals surface area contributed by atoms with Gasteiger partial charge in [0.05, 0.1) is 12.0 Å². The molecule has 0 saturated heterocycles. The first kappa shape index (κ1) is 13.7. The molecular formula is C16H19N5S. The Morgan fingerprint density at radius 1 is 1.09 bits per heavy atom. The monoisotopic (exact) mass is 313 g/mol. The van der Waals surface area contributed by atoms with Gasteiger partial charge in [0, 0.05) is 42.8 Å². The Labute approximate surface area is 133 Å². The maximum atomic E-state index is 4.83. The van der Waals surface area contributed by atoms with Crippen molar-refractivity contribution in [2.75, 3.05) is 0 Å². The molecule has 0 fully saturated rings. The molecule has 1 aliphatic carbocycles. The minimum Gasteiger partial charge on any atom is -0.337 e. The van der Waals surface area contributed by atoms with E-state index in [2.05, 4.69) is 25.3 Å². The van der Waals surface area contributed by atoms with Crippen LogP contribution in [0.25, 0.3) is 10.8 Å². The lowest BCUT2D eigenvalue weighted by Crippen LogP contribution is -2.04. The Balaban J connectivity index is 1.48. The summed E-state index contributed by atoms with van der Waals surface area (Å²) in [6.07, 6.45) is 15.6. The summed E-state index contributed by atoms with van der Waals surface area (Å²) in [5, 5.41) is 1.08. The molecule has 0 saturated carbocycles. The van der Waals surface area contributed by atoms with E-state index in [1.165, 1.54) is 29.8 Å². The molecule has 4 rings (SSSR count). The van der Waals surface area contributed by atoms with Gasteiger partial charge in [0.1, 0.15) is 0 Å². The molecule has 114 valence electrons. The van der Waals surface area contributed by atoms with Crippen molar-refractivity contribution in [1.82, 2.24) is 24.1 Å². The largest absolute Gasteiger partial charge is 0.337 e. The lowest BCUT2D eigenvalue weighted by atomic mass is 10.0. The van der Waals surface area contributed by atoms with E-state index in [1.54, 1.807) is 0 Å². The summed E-state index contributed by atoms with van der Waals surface area (Å²) in [7, 11) is 0. The van der Waals surface area contributed by atoms with Crippen LogP contribution >= 0.6 is 11.3 Å². The predicted octanol–water partition coefficient (Wildman–Crippen LogP) is 3.17. The first-order valence-electron chi connectivity index (χ1n) is 7.86. The van der Waals surface area contributed by atoms with E-state index in [1.807, 2.05) is 36.3 Å². The molecule has 1 aliphatic rings. The number of imidazole rings is 2. The molecule has 0 amide bonds. The van der Waals surface area contributed by atoms with Crippen molar-refractivity contribution >= 4 is 11.3 Å². The predicted molar refractivity (Wildman–Crippen MR) is 86.8 cm³/mol. The summed E-state index contributed by atoms with van der Waals surface area (Å²) in [6, 6.07) is 0. The highest BCUT2D eigenvalue weighted by molar-refractivity contribution is 7.15. The number of aryl methyl sites for hydroxylation is 4. The van der Waals surface area contributed by atoms with Gasteiger partial charge in [-0.15, -0.1) is 11.3 Å². The maximum absolute atomic E-state index is 4.83. The highest BCUT2D eigenvalue weighted by Gasteiger charge is 2.18. The second-order valence-electron chi connectivity index (χ2n) is 5.69. The first-order valence-corrected chi connectivity index (χ1v) is 8.67. The zero-order chi connectivity index (χ0) is 14.8. The molecule has 3 aromatic heterocycles. The van der Waals surface area contributed by atoms with Crippen LogP contribution in [0.15, 0.2) is 31.1 Å². The summed E-state index contributed by atoms with van der Waals surface area (Å²) >= 11 is 1.83. The number of fused-ring (bicyclic) bond motifs is 1. The van der Waals surface area contributed by atoms with E-state index in [0.29, 0.717) is 0 Å². The Morgan fingerprint density at radius 3 is 2.91 bits per heavy atom. The van der Waals surface area contributed by atoms with Gasteiger partial charge in [-0.2, -0.15) is 0 Å². The van der Waals surface area contributed by atoms with Gasteiger partial charge >= 0.3 is 0 Å². The maximum Gasteiger partial charge on any atom is 0.169 e. The fourth-order valence-corrected chi connectivity index (χ4v) is 4.14. The smallest absolute Gasteiger partial charge is 0.169 e. The Hall–Kier alpha value is -1.95. The fourth-order valence-electron chi connectivity index (χ4n) is 2.98. The number of nitrogens with zero attached hydrogens (tertiary/aromatic N) is 5. The molecule has 5 nitrogen and oxygen atoms in total. The van der Waals surface area contributed by atoms with Crippen LogP contribution in [-0.4, -0.2) is 24.1 Å². The second-order valence-corrected chi connectivity index (χ2v) is 6.78. The Morgan fingerprint density at radius 2 is 2.05 bits per heavy atom. The van der Waals surface area contributed by atoms with Crippen LogP contribution in [0, 0.1) is 0 Å².